The zero-order valence-electron chi connectivity index (χ0n) is 9.45. The van der Waals surface area contributed by atoms with Gasteiger partial charge in [-0.2, -0.15) is 0 Å². The smallest absolute Gasteiger partial charge is 0.223 e. The molecule has 0 spiro atoms. The number of rotatable bonds is 7. The number of amides is 1. The molecule has 0 aliphatic rings. The Morgan fingerprint density at radius 2 is 2.21 bits per heavy atom. The van der Waals surface area contributed by atoms with Crippen LogP contribution in [0.5, 0.6) is 0 Å². The van der Waals surface area contributed by atoms with Gasteiger partial charge in [0.1, 0.15) is 0 Å². The van der Waals surface area contributed by atoms with Gasteiger partial charge in [0, 0.05) is 33.2 Å². The first-order valence-corrected chi connectivity index (χ1v) is 5.10. The Labute approximate surface area is 86.4 Å². The van der Waals surface area contributed by atoms with Crippen molar-refractivity contribution in [2.45, 2.75) is 32.2 Å². The van der Waals surface area contributed by atoms with E-state index in [1.807, 2.05) is 0 Å². The van der Waals surface area contributed by atoms with Gasteiger partial charge >= 0.3 is 0 Å². The summed E-state index contributed by atoms with van der Waals surface area (Å²) in [6, 6.07) is -0.00232. The monoisotopic (exact) mass is 202 g/mol. The van der Waals surface area contributed by atoms with Crippen LogP contribution in [0.4, 0.5) is 0 Å². The Morgan fingerprint density at radius 3 is 2.71 bits per heavy atom. The van der Waals surface area contributed by atoms with E-state index in [0.29, 0.717) is 19.6 Å². The van der Waals surface area contributed by atoms with Crippen molar-refractivity contribution < 1.29 is 9.53 Å². The van der Waals surface area contributed by atoms with E-state index >= 15 is 0 Å². The first kappa shape index (κ1) is 13.4. The van der Waals surface area contributed by atoms with Crippen molar-refractivity contribution in [1.29, 1.82) is 0 Å². The Bertz CT molecular complexity index is 162. The van der Waals surface area contributed by atoms with E-state index in [4.69, 9.17) is 10.5 Å². The van der Waals surface area contributed by atoms with Crippen LogP contribution in [0.15, 0.2) is 0 Å². The number of ether oxygens (including phenoxy) is 1. The molecule has 0 aromatic rings. The summed E-state index contributed by atoms with van der Waals surface area (Å²) in [7, 11) is 3.40. The molecule has 14 heavy (non-hydrogen) atoms. The van der Waals surface area contributed by atoms with E-state index in [-0.39, 0.29) is 11.9 Å². The third-order valence-electron chi connectivity index (χ3n) is 2.15. The Balaban J connectivity index is 3.71. The molecule has 0 saturated heterocycles. The highest BCUT2D eigenvalue weighted by Gasteiger charge is 2.12. The number of carbonyl (C=O) groups excluding carboxylic acids is 1. The second-order valence-electron chi connectivity index (χ2n) is 3.56. The van der Waals surface area contributed by atoms with Crippen LogP contribution in [-0.2, 0) is 9.53 Å². The third-order valence-corrected chi connectivity index (χ3v) is 2.15. The van der Waals surface area contributed by atoms with Gasteiger partial charge < -0.3 is 15.4 Å². The number of nitrogens with two attached hydrogens (primary N) is 1. The summed E-state index contributed by atoms with van der Waals surface area (Å²) >= 11 is 0. The van der Waals surface area contributed by atoms with Gasteiger partial charge in [-0.3, -0.25) is 4.79 Å². The van der Waals surface area contributed by atoms with Crippen LogP contribution in [0.25, 0.3) is 0 Å². The maximum atomic E-state index is 11.5. The van der Waals surface area contributed by atoms with Crippen molar-refractivity contribution >= 4 is 5.91 Å². The number of likely N-dealkylation sites (N-methyl/N-ethyl adjacent to an activating group) is 1. The largest absolute Gasteiger partial charge is 0.383 e. The highest BCUT2D eigenvalue weighted by atomic mass is 16.5. The van der Waals surface area contributed by atoms with E-state index in [0.717, 1.165) is 12.8 Å². The molecule has 1 amide bonds. The Hall–Kier alpha value is -0.610. The van der Waals surface area contributed by atoms with E-state index in [9.17, 15) is 4.79 Å². The fraction of sp³-hybridized carbons (Fsp3) is 0.900. The quantitative estimate of drug-likeness (QED) is 0.658. The number of hydrogen-bond donors (Lipinski definition) is 1. The van der Waals surface area contributed by atoms with Crippen molar-refractivity contribution in [3.05, 3.63) is 0 Å². The highest BCUT2D eigenvalue weighted by molar-refractivity contribution is 5.76. The average Bonchev–Trinajstić information content (AvgIpc) is 2.14. The molecule has 84 valence electrons. The zero-order chi connectivity index (χ0) is 11.0. The molecule has 2 N–H and O–H groups in total. The first-order valence-electron chi connectivity index (χ1n) is 5.10. The summed E-state index contributed by atoms with van der Waals surface area (Å²) < 4.78 is 4.89. The van der Waals surface area contributed by atoms with Crippen molar-refractivity contribution in [3.8, 4) is 0 Å². The lowest BCUT2D eigenvalue weighted by Crippen LogP contribution is -2.35. The van der Waals surface area contributed by atoms with Gasteiger partial charge in [0.25, 0.3) is 0 Å². The third kappa shape index (κ3) is 5.94. The van der Waals surface area contributed by atoms with E-state index in [2.05, 4.69) is 6.92 Å². The van der Waals surface area contributed by atoms with Crippen LogP contribution in [0.1, 0.15) is 26.2 Å². The lowest BCUT2D eigenvalue weighted by molar-refractivity contribution is -0.130. The van der Waals surface area contributed by atoms with Crippen LogP contribution in [0, 0.1) is 0 Å². The Kier molecular flexibility index (Phi) is 7.42. The van der Waals surface area contributed by atoms with Crippen molar-refractivity contribution in [2.75, 3.05) is 27.3 Å². The van der Waals surface area contributed by atoms with Crippen LogP contribution in [-0.4, -0.2) is 44.2 Å². The molecule has 0 saturated carbocycles. The minimum Gasteiger partial charge on any atom is -0.383 e. The molecule has 0 heterocycles. The number of carbonyl (C=O) groups is 1. The highest BCUT2D eigenvalue weighted by Crippen LogP contribution is 2.01. The summed E-state index contributed by atoms with van der Waals surface area (Å²) in [6.45, 7) is 3.28. The average molecular weight is 202 g/mol. The lowest BCUT2D eigenvalue weighted by atomic mass is 10.1. The molecule has 4 nitrogen and oxygen atoms in total. The van der Waals surface area contributed by atoms with Gasteiger partial charge in [-0.25, -0.2) is 0 Å². The van der Waals surface area contributed by atoms with Gasteiger partial charge in [0.2, 0.25) is 5.91 Å². The number of nitrogens with zero attached hydrogens (tertiary/aromatic N) is 1. The molecule has 0 fully saturated rings. The van der Waals surface area contributed by atoms with E-state index in [1.165, 1.54) is 0 Å². The molecule has 4 heteroatoms. The van der Waals surface area contributed by atoms with Gasteiger partial charge in [0.05, 0.1) is 6.61 Å². The molecule has 1 unspecified atom stereocenters. The predicted octanol–water partition coefficient (Wildman–Crippen LogP) is 0.609. The molecule has 0 aliphatic heterocycles. The van der Waals surface area contributed by atoms with Crippen molar-refractivity contribution in [2.24, 2.45) is 5.73 Å². The minimum absolute atomic E-state index is 0.00232. The molecule has 0 aromatic carbocycles. The van der Waals surface area contributed by atoms with Crippen LogP contribution >= 0.6 is 0 Å². The predicted molar refractivity (Wildman–Crippen MR) is 57.0 cm³/mol. The molecular weight excluding hydrogens is 180 g/mol. The standard InChI is InChI=1S/C10H22N2O2/c1-4-5-9(11)8-10(13)12(2)6-7-14-3/h9H,4-8,11H2,1-3H3. The topological polar surface area (TPSA) is 55.6 Å². The second kappa shape index (κ2) is 7.76. The summed E-state index contributed by atoms with van der Waals surface area (Å²) in [5.41, 5.74) is 5.77. The van der Waals surface area contributed by atoms with Crippen LogP contribution in [0.2, 0.25) is 0 Å². The van der Waals surface area contributed by atoms with Gasteiger partial charge in [-0.1, -0.05) is 13.3 Å². The SMILES string of the molecule is CCCC(N)CC(=O)N(C)CCOC. The number of methoxy groups -OCH3 is 1. The van der Waals surface area contributed by atoms with E-state index < -0.39 is 0 Å². The molecule has 0 aromatic heterocycles. The van der Waals surface area contributed by atoms with Crippen LogP contribution < -0.4 is 5.73 Å². The number of hydrogen-bond acceptors (Lipinski definition) is 3. The minimum atomic E-state index is -0.00232. The Morgan fingerprint density at radius 1 is 1.57 bits per heavy atom. The molecule has 0 radical (unpaired) electrons. The van der Waals surface area contributed by atoms with Gasteiger partial charge in [-0.15, -0.1) is 0 Å². The maximum absolute atomic E-state index is 11.5. The van der Waals surface area contributed by atoms with E-state index in [1.54, 1.807) is 19.1 Å². The summed E-state index contributed by atoms with van der Waals surface area (Å²) in [6.07, 6.45) is 2.37. The zero-order valence-corrected chi connectivity index (χ0v) is 9.45. The van der Waals surface area contributed by atoms with Gasteiger partial charge in [-0.05, 0) is 6.42 Å². The molecule has 0 aliphatic carbocycles. The maximum Gasteiger partial charge on any atom is 0.223 e. The molecule has 1 atom stereocenters. The van der Waals surface area contributed by atoms with Crippen LogP contribution in [0.3, 0.4) is 0 Å². The summed E-state index contributed by atoms with van der Waals surface area (Å²) in [4.78, 5) is 13.2. The summed E-state index contributed by atoms with van der Waals surface area (Å²) in [5.74, 6) is 0.100. The molecular formula is C10H22N2O2. The lowest BCUT2D eigenvalue weighted by Gasteiger charge is -2.18. The normalized spacial score (nSPS) is 12.6. The van der Waals surface area contributed by atoms with Crippen molar-refractivity contribution in [1.82, 2.24) is 4.90 Å². The summed E-state index contributed by atoms with van der Waals surface area (Å²) in [5, 5.41) is 0. The fourth-order valence-corrected chi connectivity index (χ4v) is 1.21. The molecule has 0 rings (SSSR count). The van der Waals surface area contributed by atoms with Gasteiger partial charge in [0.15, 0.2) is 0 Å². The fourth-order valence-electron chi connectivity index (χ4n) is 1.21. The first-order chi connectivity index (χ1) is 6.61. The second-order valence-corrected chi connectivity index (χ2v) is 3.56. The van der Waals surface area contributed by atoms with Crippen molar-refractivity contribution in [3.63, 3.8) is 0 Å². The molecule has 0 bridgehead atoms.